The Morgan fingerprint density at radius 2 is 1.62 bits per heavy atom. The van der Waals surface area contributed by atoms with Gasteiger partial charge in [0.2, 0.25) is 0 Å². The summed E-state index contributed by atoms with van der Waals surface area (Å²) in [6.45, 7) is 11.2. The molecule has 0 aliphatic heterocycles. The summed E-state index contributed by atoms with van der Waals surface area (Å²) in [4.78, 5) is 0. The number of hydrogen-bond donors (Lipinski definition) is 1. The highest BCUT2D eigenvalue weighted by atomic mass is 16.3. The zero-order chi connectivity index (χ0) is 10.2. The third-order valence-electron chi connectivity index (χ3n) is 3.54. The Labute approximate surface area is 82.5 Å². The van der Waals surface area contributed by atoms with Gasteiger partial charge < -0.3 is 5.11 Å². The van der Waals surface area contributed by atoms with E-state index in [1.807, 2.05) is 0 Å². The lowest BCUT2D eigenvalue weighted by atomic mass is 9.65. The minimum atomic E-state index is -0.0869. The van der Waals surface area contributed by atoms with E-state index in [9.17, 15) is 5.11 Å². The minimum absolute atomic E-state index is 0.0869. The van der Waals surface area contributed by atoms with Crippen molar-refractivity contribution in [3.8, 4) is 0 Å². The Kier molecular flexibility index (Phi) is 3.06. The normalized spacial score (nSPS) is 42.0. The van der Waals surface area contributed by atoms with E-state index >= 15 is 0 Å². The smallest absolute Gasteiger partial charge is 0.0599 e. The molecule has 1 nitrogen and oxygen atoms in total. The second-order valence-electron chi connectivity index (χ2n) is 6.02. The Bertz CT molecular complexity index is 168. The van der Waals surface area contributed by atoms with Crippen molar-refractivity contribution in [3.05, 3.63) is 0 Å². The first kappa shape index (κ1) is 11.0. The molecular weight excluding hydrogens is 160 g/mol. The molecule has 0 aromatic rings. The van der Waals surface area contributed by atoms with E-state index < -0.39 is 0 Å². The van der Waals surface area contributed by atoms with Crippen LogP contribution in [-0.2, 0) is 0 Å². The quantitative estimate of drug-likeness (QED) is 0.613. The summed E-state index contributed by atoms with van der Waals surface area (Å²) in [5, 5.41) is 10.1. The monoisotopic (exact) mass is 184 g/mol. The van der Waals surface area contributed by atoms with Crippen LogP contribution in [-0.4, -0.2) is 11.2 Å². The highest BCUT2D eigenvalue weighted by molar-refractivity contribution is 4.88. The average molecular weight is 184 g/mol. The third-order valence-corrected chi connectivity index (χ3v) is 3.54. The fraction of sp³-hybridized carbons (Fsp3) is 1.00. The van der Waals surface area contributed by atoms with Crippen molar-refractivity contribution in [3.63, 3.8) is 0 Å². The fourth-order valence-electron chi connectivity index (χ4n) is 2.71. The van der Waals surface area contributed by atoms with Crippen LogP contribution in [0.1, 0.15) is 47.5 Å². The summed E-state index contributed by atoms with van der Waals surface area (Å²) in [5.74, 6) is 1.74. The zero-order valence-electron chi connectivity index (χ0n) is 9.67. The topological polar surface area (TPSA) is 20.2 Å². The van der Waals surface area contributed by atoms with E-state index in [2.05, 4.69) is 34.6 Å². The van der Waals surface area contributed by atoms with Crippen LogP contribution in [0.4, 0.5) is 0 Å². The second-order valence-corrected chi connectivity index (χ2v) is 6.02. The molecule has 1 aliphatic carbocycles. The van der Waals surface area contributed by atoms with E-state index in [0.717, 1.165) is 5.92 Å². The Hall–Kier alpha value is -0.0400. The van der Waals surface area contributed by atoms with Gasteiger partial charge in [-0.05, 0) is 36.0 Å². The molecular formula is C12H24O. The van der Waals surface area contributed by atoms with Crippen LogP contribution in [0.25, 0.3) is 0 Å². The van der Waals surface area contributed by atoms with E-state index in [-0.39, 0.29) is 11.5 Å². The van der Waals surface area contributed by atoms with Crippen LogP contribution in [0.2, 0.25) is 0 Å². The second kappa shape index (κ2) is 3.61. The molecule has 0 aromatic heterocycles. The van der Waals surface area contributed by atoms with Gasteiger partial charge in [-0.15, -0.1) is 0 Å². The van der Waals surface area contributed by atoms with Crippen LogP contribution in [0.5, 0.6) is 0 Å². The van der Waals surface area contributed by atoms with Gasteiger partial charge >= 0.3 is 0 Å². The van der Waals surface area contributed by atoms with Gasteiger partial charge in [-0.3, -0.25) is 0 Å². The summed E-state index contributed by atoms with van der Waals surface area (Å²) in [6, 6.07) is 0. The molecule has 1 fully saturated rings. The number of aliphatic hydroxyl groups is 1. The SMILES string of the molecule is CC1CC(C)C(O)C(C(C)(C)C)C1. The Morgan fingerprint density at radius 3 is 2.08 bits per heavy atom. The van der Waals surface area contributed by atoms with Crippen LogP contribution < -0.4 is 0 Å². The van der Waals surface area contributed by atoms with Gasteiger partial charge in [-0.2, -0.15) is 0 Å². The van der Waals surface area contributed by atoms with Crippen molar-refractivity contribution in [1.82, 2.24) is 0 Å². The summed E-state index contributed by atoms with van der Waals surface area (Å²) in [7, 11) is 0. The fourth-order valence-corrected chi connectivity index (χ4v) is 2.71. The maximum Gasteiger partial charge on any atom is 0.0599 e. The summed E-state index contributed by atoms with van der Waals surface area (Å²) < 4.78 is 0. The molecule has 4 unspecified atom stereocenters. The predicted molar refractivity (Wildman–Crippen MR) is 56.5 cm³/mol. The van der Waals surface area contributed by atoms with Gasteiger partial charge in [0.25, 0.3) is 0 Å². The molecule has 0 amide bonds. The first-order valence-electron chi connectivity index (χ1n) is 5.50. The molecule has 0 spiro atoms. The molecule has 0 bridgehead atoms. The van der Waals surface area contributed by atoms with Gasteiger partial charge in [0, 0.05) is 0 Å². The largest absolute Gasteiger partial charge is 0.393 e. The lowest BCUT2D eigenvalue weighted by Crippen LogP contribution is -2.41. The van der Waals surface area contributed by atoms with Crippen LogP contribution in [0, 0.1) is 23.2 Å². The maximum absolute atomic E-state index is 10.1. The van der Waals surface area contributed by atoms with Gasteiger partial charge in [-0.25, -0.2) is 0 Å². The molecule has 0 aromatic carbocycles. The molecule has 1 rings (SSSR count). The van der Waals surface area contributed by atoms with Crippen LogP contribution >= 0.6 is 0 Å². The minimum Gasteiger partial charge on any atom is -0.393 e. The first-order valence-corrected chi connectivity index (χ1v) is 5.50. The zero-order valence-corrected chi connectivity index (χ0v) is 9.67. The van der Waals surface area contributed by atoms with Crippen LogP contribution in [0.15, 0.2) is 0 Å². The standard InChI is InChI=1S/C12H24O/c1-8-6-9(2)11(13)10(7-8)12(3,4)5/h8-11,13H,6-7H2,1-5H3. The summed E-state index contributed by atoms with van der Waals surface area (Å²) in [5.41, 5.74) is 0.252. The van der Waals surface area contributed by atoms with E-state index in [0.29, 0.717) is 11.8 Å². The molecule has 0 heterocycles. The number of aliphatic hydroxyl groups excluding tert-OH is 1. The first-order chi connectivity index (χ1) is 5.82. The summed E-state index contributed by atoms with van der Waals surface area (Å²) >= 11 is 0. The van der Waals surface area contributed by atoms with Crippen molar-refractivity contribution in [1.29, 1.82) is 0 Å². The van der Waals surface area contributed by atoms with E-state index in [4.69, 9.17) is 0 Å². The predicted octanol–water partition coefficient (Wildman–Crippen LogP) is 3.08. The average Bonchev–Trinajstić information content (AvgIpc) is 1.94. The van der Waals surface area contributed by atoms with Crippen molar-refractivity contribution >= 4 is 0 Å². The summed E-state index contributed by atoms with van der Waals surface area (Å²) in [6.07, 6.45) is 2.29. The van der Waals surface area contributed by atoms with E-state index in [1.165, 1.54) is 12.8 Å². The van der Waals surface area contributed by atoms with Crippen molar-refractivity contribution in [2.45, 2.75) is 53.6 Å². The molecule has 1 saturated carbocycles. The molecule has 0 radical (unpaired) electrons. The maximum atomic E-state index is 10.1. The lowest BCUT2D eigenvalue weighted by Gasteiger charge is -2.43. The lowest BCUT2D eigenvalue weighted by molar-refractivity contribution is -0.0403. The molecule has 78 valence electrons. The molecule has 1 aliphatic rings. The molecule has 1 heteroatoms. The van der Waals surface area contributed by atoms with Crippen molar-refractivity contribution in [2.24, 2.45) is 23.2 Å². The number of rotatable bonds is 0. The number of hydrogen-bond acceptors (Lipinski definition) is 1. The van der Waals surface area contributed by atoms with E-state index in [1.54, 1.807) is 0 Å². The highest BCUT2D eigenvalue weighted by Crippen LogP contribution is 2.42. The van der Waals surface area contributed by atoms with Crippen molar-refractivity contribution in [2.75, 3.05) is 0 Å². The molecule has 1 N–H and O–H groups in total. The van der Waals surface area contributed by atoms with Gasteiger partial charge in [0.15, 0.2) is 0 Å². The molecule has 4 atom stereocenters. The third kappa shape index (κ3) is 2.46. The highest BCUT2D eigenvalue weighted by Gasteiger charge is 2.38. The van der Waals surface area contributed by atoms with Gasteiger partial charge in [-0.1, -0.05) is 34.6 Å². The Morgan fingerprint density at radius 1 is 1.08 bits per heavy atom. The Balaban J connectivity index is 2.72. The van der Waals surface area contributed by atoms with Gasteiger partial charge in [0.1, 0.15) is 0 Å². The molecule has 13 heavy (non-hydrogen) atoms. The van der Waals surface area contributed by atoms with Gasteiger partial charge in [0.05, 0.1) is 6.10 Å². The van der Waals surface area contributed by atoms with Crippen LogP contribution in [0.3, 0.4) is 0 Å². The van der Waals surface area contributed by atoms with Crippen molar-refractivity contribution < 1.29 is 5.11 Å². The molecule has 0 saturated heterocycles.